The van der Waals surface area contributed by atoms with Crippen LogP contribution in [-0.2, 0) is 22.4 Å². The number of esters is 1. The van der Waals surface area contributed by atoms with E-state index in [-0.39, 0.29) is 11.9 Å². The molecule has 0 saturated carbocycles. The van der Waals surface area contributed by atoms with Gasteiger partial charge in [0.25, 0.3) is 0 Å². The lowest BCUT2D eigenvalue weighted by atomic mass is 10.1. The molecule has 1 heterocycles. The second-order valence-corrected chi connectivity index (χ2v) is 5.56. The number of hydrogen-bond acceptors (Lipinski definition) is 4. The van der Waals surface area contributed by atoms with E-state index in [0.717, 1.165) is 31.2 Å². The molecule has 1 aromatic rings. The Morgan fingerprint density at radius 1 is 1.32 bits per heavy atom. The fourth-order valence-corrected chi connectivity index (χ4v) is 3.59. The molecule has 0 radical (unpaired) electrons. The summed E-state index contributed by atoms with van der Waals surface area (Å²) in [5.74, 6) is -0.680. The van der Waals surface area contributed by atoms with E-state index in [0.29, 0.717) is 10.6 Å². The van der Waals surface area contributed by atoms with Crippen molar-refractivity contribution < 1.29 is 14.3 Å². The summed E-state index contributed by atoms with van der Waals surface area (Å²) in [5, 5.41) is 3.30. The van der Waals surface area contributed by atoms with Crippen molar-refractivity contribution in [3.8, 4) is 0 Å². The molecule has 0 saturated heterocycles. The summed E-state index contributed by atoms with van der Waals surface area (Å²) in [6, 6.07) is 0. The number of carbonyl (C=O) groups excluding carboxylic acids is 2. The van der Waals surface area contributed by atoms with E-state index >= 15 is 0 Å². The van der Waals surface area contributed by atoms with Crippen LogP contribution in [0.5, 0.6) is 0 Å². The molecular weight excluding hydrogens is 262 g/mol. The molecule has 5 heteroatoms. The van der Waals surface area contributed by atoms with Crippen LogP contribution in [0.15, 0.2) is 12.7 Å². The smallest absolute Gasteiger partial charge is 0.341 e. The quantitative estimate of drug-likeness (QED) is 0.526. The maximum Gasteiger partial charge on any atom is 0.341 e. The van der Waals surface area contributed by atoms with Crippen LogP contribution < -0.4 is 5.32 Å². The average Bonchev–Trinajstić information content (AvgIpc) is 2.59. The number of thiophene rings is 1. The number of ether oxygens (including phenoxy) is 1. The van der Waals surface area contributed by atoms with E-state index in [1.165, 1.54) is 35.8 Å². The molecule has 0 fully saturated rings. The molecule has 1 aliphatic rings. The van der Waals surface area contributed by atoms with Gasteiger partial charge < -0.3 is 10.1 Å². The number of aryl methyl sites for hydroxylation is 1. The van der Waals surface area contributed by atoms with Gasteiger partial charge in [0.2, 0.25) is 5.91 Å². The van der Waals surface area contributed by atoms with Gasteiger partial charge in [0.1, 0.15) is 5.00 Å². The van der Waals surface area contributed by atoms with Crippen molar-refractivity contribution in [2.75, 3.05) is 12.4 Å². The Labute approximate surface area is 116 Å². The van der Waals surface area contributed by atoms with E-state index in [4.69, 9.17) is 4.74 Å². The SMILES string of the molecule is C=CC(=O)Nc1sc2c(c1C(=O)OC)CCCCC2. The van der Waals surface area contributed by atoms with Crippen molar-refractivity contribution in [3.63, 3.8) is 0 Å². The molecule has 0 spiro atoms. The second kappa shape index (κ2) is 6.02. The van der Waals surface area contributed by atoms with Crippen LogP contribution in [-0.4, -0.2) is 19.0 Å². The third kappa shape index (κ3) is 2.87. The summed E-state index contributed by atoms with van der Waals surface area (Å²) < 4.78 is 4.85. The van der Waals surface area contributed by atoms with Gasteiger partial charge >= 0.3 is 5.97 Å². The number of rotatable bonds is 3. The summed E-state index contributed by atoms with van der Waals surface area (Å²) in [7, 11) is 1.36. The van der Waals surface area contributed by atoms with Crippen LogP contribution in [0.4, 0.5) is 5.00 Å². The van der Waals surface area contributed by atoms with Crippen molar-refractivity contribution in [1.82, 2.24) is 0 Å². The van der Waals surface area contributed by atoms with Gasteiger partial charge in [0, 0.05) is 4.88 Å². The fraction of sp³-hybridized carbons (Fsp3) is 0.429. The first-order chi connectivity index (χ1) is 9.17. The van der Waals surface area contributed by atoms with Crippen molar-refractivity contribution >= 4 is 28.2 Å². The molecule has 0 atom stereocenters. The van der Waals surface area contributed by atoms with E-state index in [1.54, 1.807) is 0 Å². The van der Waals surface area contributed by atoms with Gasteiger partial charge in [0.15, 0.2) is 0 Å². The minimum atomic E-state index is -0.376. The predicted molar refractivity (Wildman–Crippen MR) is 75.7 cm³/mol. The third-order valence-electron chi connectivity index (χ3n) is 3.23. The summed E-state index contributed by atoms with van der Waals surface area (Å²) in [6.07, 6.45) is 6.42. The van der Waals surface area contributed by atoms with Gasteiger partial charge in [-0.3, -0.25) is 4.79 Å². The number of methoxy groups -OCH3 is 1. The Kier molecular flexibility index (Phi) is 4.37. The van der Waals surface area contributed by atoms with Crippen LogP contribution in [0.2, 0.25) is 0 Å². The first kappa shape index (κ1) is 13.8. The fourth-order valence-electron chi connectivity index (χ4n) is 2.31. The molecule has 19 heavy (non-hydrogen) atoms. The molecule has 102 valence electrons. The van der Waals surface area contributed by atoms with Gasteiger partial charge in [-0.15, -0.1) is 11.3 Å². The molecule has 0 aliphatic heterocycles. The van der Waals surface area contributed by atoms with Crippen LogP contribution in [0, 0.1) is 0 Å². The maximum absolute atomic E-state index is 12.0. The Morgan fingerprint density at radius 2 is 2.05 bits per heavy atom. The molecule has 2 rings (SSSR count). The van der Waals surface area contributed by atoms with Crippen molar-refractivity contribution in [3.05, 3.63) is 28.7 Å². The number of carbonyl (C=O) groups is 2. The minimum absolute atomic E-state index is 0.304. The Morgan fingerprint density at radius 3 is 2.74 bits per heavy atom. The lowest BCUT2D eigenvalue weighted by molar-refractivity contribution is -0.111. The normalized spacial score (nSPS) is 14.2. The third-order valence-corrected chi connectivity index (χ3v) is 4.44. The standard InChI is InChI=1S/C14H17NO3S/c1-3-11(16)15-13-12(14(17)18-2)9-7-5-4-6-8-10(9)19-13/h3H,1,4-8H2,2H3,(H,15,16). The number of anilines is 1. The second-order valence-electron chi connectivity index (χ2n) is 4.45. The molecule has 4 nitrogen and oxygen atoms in total. The van der Waals surface area contributed by atoms with Crippen LogP contribution >= 0.6 is 11.3 Å². The van der Waals surface area contributed by atoms with Crippen LogP contribution in [0.3, 0.4) is 0 Å². The average molecular weight is 279 g/mol. The lowest BCUT2D eigenvalue weighted by Gasteiger charge is -2.05. The maximum atomic E-state index is 12.0. The monoisotopic (exact) mass is 279 g/mol. The predicted octanol–water partition coefficient (Wildman–Crippen LogP) is 2.93. The summed E-state index contributed by atoms with van der Waals surface area (Å²) >= 11 is 1.48. The Bertz CT molecular complexity index is 519. The molecule has 1 amide bonds. The Balaban J connectivity index is 2.44. The van der Waals surface area contributed by atoms with Gasteiger partial charge in [0.05, 0.1) is 12.7 Å². The van der Waals surface area contributed by atoms with Gasteiger partial charge in [-0.25, -0.2) is 4.79 Å². The molecule has 0 bridgehead atoms. The highest BCUT2D eigenvalue weighted by atomic mass is 32.1. The van der Waals surface area contributed by atoms with Crippen molar-refractivity contribution in [1.29, 1.82) is 0 Å². The van der Waals surface area contributed by atoms with Crippen molar-refractivity contribution in [2.45, 2.75) is 32.1 Å². The van der Waals surface area contributed by atoms with Crippen LogP contribution in [0.1, 0.15) is 40.1 Å². The van der Waals surface area contributed by atoms with Crippen LogP contribution in [0.25, 0.3) is 0 Å². The zero-order valence-corrected chi connectivity index (χ0v) is 11.8. The first-order valence-electron chi connectivity index (χ1n) is 6.33. The summed E-state index contributed by atoms with van der Waals surface area (Å²) in [4.78, 5) is 24.6. The summed E-state index contributed by atoms with van der Waals surface area (Å²) in [5.41, 5.74) is 1.58. The molecule has 1 aromatic heterocycles. The van der Waals surface area contributed by atoms with E-state index in [2.05, 4.69) is 11.9 Å². The van der Waals surface area contributed by atoms with E-state index < -0.39 is 0 Å². The molecule has 1 N–H and O–H groups in total. The minimum Gasteiger partial charge on any atom is -0.465 e. The van der Waals surface area contributed by atoms with Gasteiger partial charge in [-0.2, -0.15) is 0 Å². The summed E-state index contributed by atoms with van der Waals surface area (Å²) in [6.45, 7) is 3.42. The zero-order chi connectivity index (χ0) is 13.8. The van der Waals surface area contributed by atoms with E-state index in [1.807, 2.05) is 0 Å². The van der Waals surface area contributed by atoms with Gasteiger partial charge in [-0.05, 0) is 37.3 Å². The number of nitrogens with one attached hydrogen (secondary N) is 1. The highest BCUT2D eigenvalue weighted by Gasteiger charge is 2.25. The topological polar surface area (TPSA) is 55.4 Å². The zero-order valence-electron chi connectivity index (χ0n) is 11.0. The highest BCUT2D eigenvalue weighted by molar-refractivity contribution is 7.17. The molecule has 1 aliphatic carbocycles. The number of hydrogen-bond donors (Lipinski definition) is 1. The van der Waals surface area contributed by atoms with E-state index in [9.17, 15) is 9.59 Å². The highest BCUT2D eigenvalue weighted by Crippen LogP contribution is 2.37. The molecule has 0 unspecified atom stereocenters. The molecule has 0 aromatic carbocycles. The number of fused-ring (bicyclic) bond motifs is 1. The van der Waals surface area contributed by atoms with Crippen molar-refractivity contribution in [2.24, 2.45) is 0 Å². The lowest BCUT2D eigenvalue weighted by Crippen LogP contribution is -2.12. The van der Waals surface area contributed by atoms with Gasteiger partial charge in [-0.1, -0.05) is 13.0 Å². The Hall–Kier alpha value is -1.62. The largest absolute Gasteiger partial charge is 0.465 e. The first-order valence-corrected chi connectivity index (χ1v) is 7.15. The molecular formula is C14H17NO3S. The number of amides is 1.